The summed E-state index contributed by atoms with van der Waals surface area (Å²) < 4.78 is 0. The van der Waals surface area contributed by atoms with Gasteiger partial charge < -0.3 is 10.2 Å². The van der Waals surface area contributed by atoms with Crippen molar-refractivity contribution in [3.8, 4) is 0 Å². The standard InChI is InChI=1S/C18H28N4O/c1-13-6-3-4-8-16(13)21-17(23)15-7-5-11-22(12-15)18-19-10-9-14(2)20-18/h9-10,13,15-16H,3-8,11-12H2,1-2H3,(H,21,23)/t13-,15-,16-/m0/s1. The second kappa shape index (κ2) is 7.28. The van der Waals surface area contributed by atoms with Crippen LogP contribution in [0.3, 0.4) is 0 Å². The predicted octanol–water partition coefficient (Wildman–Crippen LogP) is 2.70. The second-order valence-electron chi connectivity index (χ2n) is 7.16. The molecule has 23 heavy (non-hydrogen) atoms. The summed E-state index contributed by atoms with van der Waals surface area (Å²) in [5, 5.41) is 3.32. The largest absolute Gasteiger partial charge is 0.353 e. The maximum atomic E-state index is 12.7. The van der Waals surface area contributed by atoms with Gasteiger partial charge in [0.05, 0.1) is 5.92 Å². The first-order valence-electron chi connectivity index (χ1n) is 8.98. The zero-order valence-electron chi connectivity index (χ0n) is 14.3. The SMILES string of the molecule is Cc1ccnc(N2CCC[C@H](C(=O)N[C@H]3CCCC[C@@H]3C)C2)n1. The molecule has 1 aliphatic heterocycles. The molecule has 2 heterocycles. The second-order valence-corrected chi connectivity index (χ2v) is 7.16. The molecule has 1 saturated carbocycles. The molecule has 5 heteroatoms. The Hall–Kier alpha value is -1.65. The summed E-state index contributed by atoms with van der Waals surface area (Å²) in [4.78, 5) is 23.7. The summed E-state index contributed by atoms with van der Waals surface area (Å²) in [5.74, 6) is 1.64. The lowest BCUT2D eigenvalue weighted by molar-refractivity contribution is -0.126. The van der Waals surface area contributed by atoms with Gasteiger partial charge in [0.2, 0.25) is 11.9 Å². The molecule has 3 atom stereocenters. The molecular weight excluding hydrogens is 288 g/mol. The number of carbonyl (C=O) groups excluding carboxylic acids is 1. The summed E-state index contributed by atoms with van der Waals surface area (Å²) in [6, 6.07) is 2.27. The Morgan fingerprint density at radius 1 is 1.26 bits per heavy atom. The molecule has 1 saturated heterocycles. The Kier molecular flexibility index (Phi) is 5.13. The van der Waals surface area contributed by atoms with Crippen LogP contribution in [0.25, 0.3) is 0 Å². The zero-order valence-corrected chi connectivity index (χ0v) is 14.3. The Bertz CT molecular complexity index is 548. The number of aromatic nitrogens is 2. The number of nitrogens with zero attached hydrogens (tertiary/aromatic N) is 3. The lowest BCUT2D eigenvalue weighted by Gasteiger charge is -2.35. The fourth-order valence-corrected chi connectivity index (χ4v) is 3.79. The van der Waals surface area contributed by atoms with Gasteiger partial charge in [0.1, 0.15) is 0 Å². The first kappa shape index (κ1) is 16.2. The predicted molar refractivity (Wildman–Crippen MR) is 91.3 cm³/mol. The Morgan fingerprint density at radius 2 is 2.09 bits per heavy atom. The first-order chi connectivity index (χ1) is 11.1. The molecule has 2 aliphatic rings. The van der Waals surface area contributed by atoms with Crippen LogP contribution in [0.2, 0.25) is 0 Å². The highest BCUT2D eigenvalue weighted by molar-refractivity contribution is 5.79. The van der Waals surface area contributed by atoms with Crippen molar-refractivity contribution in [3.63, 3.8) is 0 Å². The van der Waals surface area contributed by atoms with Gasteiger partial charge in [0.15, 0.2) is 0 Å². The van der Waals surface area contributed by atoms with Crippen molar-refractivity contribution in [2.75, 3.05) is 18.0 Å². The smallest absolute Gasteiger partial charge is 0.225 e. The molecule has 3 rings (SSSR count). The van der Waals surface area contributed by atoms with E-state index in [4.69, 9.17) is 0 Å². The number of piperidine rings is 1. The minimum atomic E-state index is 0.0574. The highest BCUT2D eigenvalue weighted by Crippen LogP contribution is 2.25. The lowest BCUT2D eigenvalue weighted by atomic mass is 9.85. The van der Waals surface area contributed by atoms with Gasteiger partial charge in [-0.3, -0.25) is 4.79 Å². The number of hydrogen-bond donors (Lipinski definition) is 1. The zero-order chi connectivity index (χ0) is 16.2. The number of anilines is 1. The molecule has 0 unspecified atom stereocenters. The van der Waals surface area contributed by atoms with Crippen LogP contribution in [-0.4, -0.2) is 35.0 Å². The van der Waals surface area contributed by atoms with E-state index in [9.17, 15) is 4.79 Å². The first-order valence-corrected chi connectivity index (χ1v) is 8.98. The third-order valence-electron chi connectivity index (χ3n) is 5.30. The molecule has 0 radical (unpaired) electrons. The molecule has 1 aliphatic carbocycles. The van der Waals surface area contributed by atoms with Crippen molar-refractivity contribution in [1.82, 2.24) is 15.3 Å². The Morgan fingerprint density at radius 3 is 2.87 bits per heavy atom. The van der Waals surface area contributed by atoms with E-state index in [0.29, 0.717) is 12.0 Å². The van der Waals surface area contributed by atoms with Crippen LogP contribution in [0.5, 0.6) is 0 Å². The fraction of sp³-hybridized carbons (Fsp3) is 0.722. The molecule has 1 N–H and O–H groups in total. The van der Waals surface area contributed by atoms with Gasteiger partial charge in [-0.2, -0.15) is 0 Å². The monoisotopic (exact) mass is 316 g/mol. The van der Waals surface area contributed by atoms with Crippen molar-refractivity contribution < 1.29 is 4.79 Å². The molecule has 0 bridgehead atoms. The quantitative estimate of drug-likeness (QED) is 0.931. The number of nitrogens with one attached hydrogen (secondary N) is 1. The number of rotatable bonds is 3. The summed E-state index contributed by atoms with van der Waals surface area (Å²) in [6.45, 7) is 5.91. The summed E-state index contributed by atoms with van der Waals surface area (Å²) in [5.41, 5.74) is 0.970. The van der Waals surface area contributed by atoms with E-state index in [1.54, 1.807) is 6.20 Å². The topological polar surface area (TPSA) is 58.1 Å². The van der Waals surface area contributed by atoms with Gasteiger partial charge >= 0.3 is 0 Å². The van der Waals surface area contributed by atoms with Gasteiger partial charge in [-0.05, 0) is 44.6 Å². The van der Waals surface area contributed by atoms with Gasteiger partial charge in [0, 0.05) is 31.0 Å². The van der Waals surface area contributed by atoms with Crippen molar-refractivity contribution >= 4 is 11.9 Å². The van der Waals surface area contributed by atoms with Crippen LogP contribution in [-0.2, 0) is 4.79 Å². The van der Waals surface area contributed by atoms with Crippen LogP contribution in [0, 0.1) is 18.8 Å². The number of carbonyl (C=O) groups is 1. The summed E-state index contributed by atoms with van der Waals surface area (Å²) >= 11 is 0. The maximum Gasteiger partial charge on any atom is 0.225 e. The summed E-state index contributed by atoms with van der Waals surface area (Å²) in [6.07, 6.45) is 8.69. The highest BCUT2D eigenvalue weighted by Gasteiger charge is 2.30. The molecule has 0 aromatic carbocycles. The van der Waals surface area contributed by atoms with E-state index in [-0.39, 0.29) is 11.8 Å². The van der Waals surface area contributed by atoms with Crippen molar-refractivity contribution in [2.24, 2.45) is 11.8 Å². The molecule has 1 amide bonds. The van der Waals surface area contributed by atoms with E-state index >= 15 is 0 Å². The van der Waals surface area contributed by atoms with Crippen LogP contribution in [0.4, 0.5) is 5.95 Å². The van der Waals surface area contributed by atoms with Crippen LogP contribution in [0.1, 0.15) is 51.1 Å². The molecule has 5 nitrogen and oxygen atoms in total. The third kappa shape index (κ3) is 4.01. The number of aryl methyl sites for hydroxylation is 1. The average Bonchev–Trinajstić information content (AvgIpc) is 2.57. The normalized spacial score (nSPS) is 28.4. The third-order valence-corrected chi connectivity index (χ3v) is 5.30. The van der Waals surface area contributed by atoms with Gasteiger partial charge in [-0.15, -0.1) is 0 Å². The van der Waals surface area contributed by atoms with Gasteiger partial charge in [0.25, 0.3) is 0 Å². The van der Waals surface area contributed by atoms with Crippen LogP contribution in [0.15, 0.2) is 12.3 Å². The van der Waals surface area contributed by atoms with E-state index in [2.05, 4.69) is 27.1 Å². The maximum absolute atomic E-state index is 12.7. The number of hydrogen-bond acceptors (Lipinski definition) is 4. The number of amides is 1. The van der Waals surface area contributed by atoms with Crippen molar-refractivity contribution in [2.45, 2.75) is 58.4 Å². The van der Waals surface area contributed by atoms with E-state index < -0.39 is 0 Å². The van der Waals surface area contributed by atoms with Crippen LogP contribution < -0.4 is 10.2 Å². The lowest BCUT2D eigenvalue weighted by Crippen LogP contribution is -2.48. The van der Waals surface area contributed by atoms with Gasteiger partial charge in [-0.1, -0.05) is 19.8 Å². The van der Waals surface area contributed by atoms with Crippen molar-refractivity contribution in [1.29, 1.82) is 0 Å². The van der Waals surface area contributed by atoms with E-state index in [1.165, 1.54) is 19.3 Å². The summed E-state index contributed by atoms with van der Waals surface area (Å²) in [7, 11) is 0. The van der Waals surface area contributed by atoms with E-state index in [0.717, 1.165) is 44.0 Å². The Balaban J connectivity index is 1.60. The molecule has 1 aromatic heterocycles. The van der Waals surface area contributed by atoms with Gasteiger partial charge in [-0.25, -0.2) is 9.97 Å². The molecule has 0 spiro atoms. The minimum absolute atomic E-state index is 0.0574. The molecule has 126 valence electrons. The average molecular weight is 316 g/mol. The minimum Gasteiger partial charge on any atom is -0.353 e. The fourth-order valence-electron chi connectivity index (χ4n) is 3.79. The molecule has 1 aromatic rings. The Labute approximate surface area is 138 Å². The van der Waals surface area contributed by atoms with Crippen molar-refractivity contribution in [3.05, 3.63) is 18.0 Å². The van der Waals surface area contributed by atoms with Crippen LogP contribution >= 0.6 is 0 Å². The molecular formula is C18H28N4O. The highest BCUT2D eigenvalue weighted by atomic mass is 16.2. The molecule has 2 fully saturated rings. The van der Waals surface area contributed by atoms with E-state index in [1.807, 2.05) is 13.0 Å².